The van der Waals surface area contributed by atoms with Crippen LogP contribution in [0.1, 0.15) is 22.9 Å². The first-order chi connectivity index (χ1) is 15.2. The van der Waals surface area contributed by atoms with Crippen molar-refractivity contribution in [3.63, 3.8) is 0 Å². The molecule has 0 radical (unpaired) electrons. The van der Waals surface area contributed by atoms with Gasteiger partial charge in [-0.15, -0.1) is 0 Å². The highest BCUT2D eigenvalue weighted by atomic mass is 16.7. The molecule has 0 saturated carbocycles. The SMILES string of the molecule is CN1C(=O)[C@@]2(O)Cc3c([nH]c4ccccc34)C(c3ccc4c(c3)OCO4)N2C(=O)C1(O)O. The fourth-order valence-corrected chi connectivity index (χ4v) is 4.90. The Morgan fingerprint density at radius 1 is 1.03 bits per heavy atom. The number of aromatic nitrogens is 1. The summed E-state index contributed by atoms with van der Waals surface area (Å²) in [7, 11) is 1.07. The molecule has 0 spiro atoms. The van der Waals surface area contributed by atoms with E-state index in [9.17, 15) is 24.9 Å². The van der Waals surface area contributed by atoms with Gasteiger partial charge in [0, 0.05) is 30.1 Å². The maximum absolute atomic E-state index is 13.3. The number of H-pyrrole nitrogens is 1. The first-order valence-corrected chi connectivity index (χ1v) is 10.0. The topological polar surface area (TPSA) is 136 Å². The number of aromatic amines is 1. The van der Waals surface area contributed by atoms with E-state index < -0.39 is 29.5 Å². The summed E-state index contributed by atoms with van der Waals surface area (Å²) in [6.07, 6.45) is -0.210. The van der Waals surface area contributed by atoms with Gasteiger partial charge in [-0.3, -0.25) is 19.4 Å². The number of para-hydroxylation sites is 1. The molecule has 1 fully saturated rings. The van der Waals surface area contributed by atoms with E-state index in [0.717, 1.165) is 22.9 Å². The number of nitrogens with zero attached hydrogens (tertiary/aromatic N) is 2. The maximum Gasteiger partial charge on any atom is 0.333 e. The second-order valence-electron chi connectivity index (χ2n) is 8.25. The van der Waals surface area contributed by atoms with Gasteiger partial charge in [0.2, 0.25) is 12.5 Å². The lowest BCUT2D eigenvalue weighted by Crippen LogP contribution is -2.78. The Bertz CT molecular complexity index is 1320. The van der Waals surface area contributed by atoms with Crippen molar-refractivity contribution in [1.29, 1.82) is 0 Å². The number of hydrogen-bond acceptors (Lipinski definition) is 7. The molecule has 32 heavy (non-hydrogen) atoms. The Morgan fingerprint density at radius 3 is 2.59 bits per heavy atom. The molecule has 6 rings (SSSR count). The molecule has 1 unspecified atom stereocenters. The largest absolute Gasteiger partial charge is 0.454 e. The average molecular weight is 437 g/mol. The Morgan fingerprint density at radius 2 is 1.78 bits per heavy atom. The summed E-state index contributed by atoms with van der Waals surface area (Å²) in [6, 6.07) is 11.4. The molecule has 164 valence electrons. The van der Waals surface area contributed by atoms with Crippen LogP contribution in [0.2, 0.25) is 0 Å². The van der Waals surface area contributed by atoms with Crippen LogP contribution in [0.4, 0.5) is 0 Å². The zero-order valence-electron chi connectivity index (χ0n) is 16.9. The van der Waals surface area contributed by atoms with Gasteiger partial charge < -0.3 is 29.8 Å². The standard InChI is InChI=1S/C22H19N3O7/c1-24-19(26)21(28)9-13-12-4-2-3-5-14(12)23-17(13)18(25(21)20(27)22(24,29)30)11-6-7-15-16(8-11)32-10-31-15/h2-8,18,23,28-30H,9-10H2,1H3/t18?,21-/m0/s1. The summed E-state index contributed by atoms with van der Waals surface area (Å²) in [5, 5.41) is 33.3. The number of piperazine rings is 1. The summed E-state index contributed by atoms with van der Waals surface area (Å²) in [4.78, 5) is 31.1. The quantitative estimate of drug-likeness (QED) is 0.399. The molecule has 1 aromatic heterocycles. The number of ether oxygens (including phenoxy) is 2. The van der Waals surface area contributed by atoms with Crippen molar-refractivity contribution in [3.05, 3.63) is 59.3 Å². The maximum atomic E-state index is 13.3. The number of fused-ring (bicyclic) bond motifs is 5. The van der Waals surface area contributed by atoms with Crippen LogP contribution >= 0.6 is 0 Å². The number of benzene rings is 2. The number of likely N-dealkylation sites (N-methyl/N-ethyl adjacent to an activating group) is 1. The molecule has 4 heterocycles. The third-order valence-electron chi connectivity index (χ3n) is 6.53. The van der Waals surface area contributed by atoms with E-state index in [-0.39, 0.29) is 13.2 Å². The van der Waals surface area contributed by atoms with Crippen molar-refractivity contribution in [2.75, 3.05) is 13.8 Å². The zero-order valence-corrected chi connectivity index (χ0v) is 16.9. The highest BCUT2D eigenvalue weighted by Crippen LogP contribution is 2.49. The first kappa shape index (κ1) is 19.1. The van der Waals surface area contributed by atoms with Gasteiger partial charge in [0.05, 0.1) is 0 Å². The number of nitrogens with one attached hydrogen (secondary N) is 1. The van der Waals surface area contributed by atoms with Gasteiger partial charge in [-0.05, 0) is 29.3 Å². The summed E-state index contributed by atoms with van der Waals surface area (Å²) in [6.45, 7) is 0.0490. The highest BCUT2D eigenvalue weighted by Gasteiger charge is 2.65. The fraction of sp³-hybridized carbons (Fsp3) is 0.273. The van der Waals surface area contributed by atoms with E-state index in [1.807, 2.05) is 24.3 Å². The summed E-state index contributed by atoms with van der Waals surface area (Å²) < 4.78 is 10.8. The van der Waals surface area contributed by atoms with Crippen molar-refractivity contribution >= 4 is 22.7 Å². The third-order valence-corrected chi connectivity index (χ3v) is 6.53. The Balaban J connectivity index is 1.65. The molecule has 10 nitrogen and oxygen atoms in total. The molecule has 0 bridgehead atoms. The highest BCUT2D eigenvalue weighted by molar-refractivity contribution is 6.01. The number of carbonyl (C=O) groups is 2. The minimum absolute atomic E-state index is 0.0490. The van der Waals surface area contributed by atoms with E-state index in [1.165, 1.54) is 0 Å². The van der Waals surface area contributed by atoms with Gasteiger partial charge in [-0.2, -0.15) is 0 Å². The number of rotatable bonds is 1. The van der Waals surface area contributed by atoms with Crippen molar-refractivity contribution in [3.8, 4) is 11.5 Å². The van der Waals surface area contributed by atoms with Gasteiger partial charge >= 0.3 is 11.8 Å². The van der Waals surface area contributed by atoms with E-state index >= 15 is 0 Å². The Kier molecular flexibility index (Phi) is 3.59. The lowest BCUT2D eigenvalue weighted by molar-refractivity contribution is -0.288. The second-order valence-corrected chi connectivity index (χ2v) is 8.25. The smallest absolute Gasteiger partial charge is 0.333 e. The van der Waals surface area contributed by atoms with Crippen molar-refractivity contribution < 1.29 is 34.4 Å². The molecule has 3 aromatic rings. The van der Waals surface area contributed by atoms with Gasteiger partial charge in [-0.1, -0.05) is 24.3 Å². The van der Waals surface area contributed by atoms with Crippen LogP contribution in [0.15, 0.2) is 42.5 Å². The van der Waals surface area contributed by atoms with Crippen LogP contribution in [0, 0.1) is 0 Å². The summed E-state index contributed by atoms with van der Waals surface area (Å²) in [5.74, 6) is -4.35. The van der Waals surface area contributed by atoms with Gasteiger partial charge in [0.1, 0.15) is 6.04 Å². The summed E-state index contributed by atoms with van der Waals surface area (Å²) in [5.41, 5.74) is 0.178. The van der Waals surface area contributed by atoms with Crippen LogP contribution < -0.4 is 9.47 Å². The Labute approximate surface area is 181 Å². The lowest BCUT2D eigenvalue weighted by atomic mass is 9.83. The van der Waals surface area contributed by atoms with E-state index in [4.69, 9.17) is 9.47 Å². The predicted molar refractivity (Wildman–Crippen MR) is 108 cm³/mol. The van der Waals surface area contributed by atoms with Crippen LogP contribution in [-0.4, -0.2) is 67.4 Å². The third kappa shape index (κ3) is 2.23. The molecule has 2 aromatic carbocycles. The zero-order chi connectivity index (χ0) is 22.4. The number of carbonyl (C=O) groups excluding carboxylic acids is 2. The van der Waals surface area contributed by atoms with Crippen LogP contribution in [0.3, 0.4) is 0 Å². The molecule has 4 N–H and O–H groups in total. The van der Waals surface area contributed by atoms with Crippen LogP contribution in [-0.2, 0) is 16.0 Å². The summed E-state index contributed by atoms with van der Waals surface area (Å²) >= 11 is 0. The van der Waals surface area contributed by atoms with E-state index in [1.54, 1.807) is 18.2 Å². The molecule has 2 amide bonds. The molecule has 2 atom stereocenters. The molecule has 1 saturated heterocycles. The molecule has 10 heteroatoms. The molecule has 0 aliphatic carbocycles. The van der Waals surface area contributed by atoms with Crippen molar-refractivity contribution in [2.45, 2.75) is 24.1 Å². The minimum Gasteiger partial charge on any atom is -0.454 e. The molecule has 3 aliphatic heterocycles. The molecular weight excluding hydrogens is 418 g/mol. The van der Waals surface area contributed by atoms with Crippen LogP contribution in [0.25, 0.3) is 10.9 Å². The number of amides is 2. The van der Waals surface area contributed by atoms with Gasteiger partial charge in [-0.25, -0.2) is 0 Å². The number of hydrogen-bond donors (Lipinski definition) is 4. The first-order valence-electron chi connectivity index (χ1n) is 10.0. The van der Waals surface area contributed by atoms with Gasteiger partial charge in [0.15, 0.2) is 11.5 Å². The second kappa shape index (κ2) is 6.00. The van der Waals surface area contributed by atoms with Crippen molar-refractivity contribution in [2.24, 2.45) is 0 Å². The minimum atomic E-state index is -3.11. The van der Waals surface area contributed by atoms with Crippen molar-refractivity contribution in [1.82, 2.24) is 14.8 Å². The fourth-order valence-electron chi connectivity index (χ4n) is 4.90. The van der Waals surface area contributed by atoms with E-state index in [2.05, 4.69) is 4.98 Å². The molecular formula is C22H19N3O7. The predicted octanol–water partition coefficient (Wildman–Crippen LogP) is 0.170. The molecule has 3 aliphatic rings. The number of aliphatic hydroxyl groups is 3. The van der Waals surface area contributed by atoms with E-state index in [0.29, 0.717) is 33.2 Å². The normalized spacial score (nSPS) is 25.8. The van der Waals surface area contributed by atoms with Gasteiger partial charge in [0.25, 0.3) is 5.91 Å². The monoisotopic (exact) mass is 437 g/mol. The lowest BCUT2D eigenvalue weighted by Gasteiger charge is -2.54. The average Bonchev–Trinajstić information content (AvgIpc) is 3.39. The Hall–Kier alpha value is -3.60. The van der Waals surface area contributed by atoms with Crippen LogP contribution in [0.5, 0.6) is 11.5 Å².